The highest BCUT2D eigenvalue weighted by atomic mass is 16.5. The van der Waals surface area contributed by atoms with Crippen molar-refractivity contribution < 1.29 is 14.3 Å². The molecule has 0 aromatic carbocycles. The van der Waals surface area contributed by atoms with Crippen molar-refractivity contribution in [3.05, 3.63) is 0 Å². The van der Waals surface area contributed by atoms with Crippen molar-refractivity contribution in [3.8, 4) is 0 Å². The molecule has 19 heavy (non-hydrogen) atoms. The molecule has 5 nitrogen and oxygen atoms in total. The van der Waals surface area contributed by atoms with E-state index >= 15 is 0 Å². The number of hydrogen-bond donors (Lipinski definition) is 1. The number of ether oxygens (including phenoxy) is 1. The molecule has 0 aromatic rings. The molecule has 0 aromatic heterocycles. The van der Waals surface area contributed by atoms with Gasteiger partial charge in [-0.1, -0.05) is 20.3 Å². The van der Waals surface area contributed by atoms with Crippen LogP contribution in [0.3, 0.4) is 0 Å². The van der Waals surface area contributed by atoms with Gasteiger partial charge in [0.05, 0.1) is 12.5 Å². The van der Waals surface area contributed by atoms with Crippen LogP contribution in [-0.4, -0.2) is 42.5 Å². The monoisotopic (exact) mass is 270 g/mol. The minimum atomic E-state index is -0.344. The zero-order valence-corrected chi connectivity index (χ0v) is 12.2. The van der Waals surface area contributed by atoms with E-state index in [0.29, 0.717) is 19.1 Å². The summed E-state index contributed by atoms with van der Waals surface area (Å²) in [6.45, 7) is 6.76. The number of esters is 1. The minimum absolute atomic E-state index is 0.00625. The Balaban J connectivity index is 2.66. The molecular weight excluding hydrogens is 244 g/mol. The van der Waals surface area contributed by atoms with E-state index in [1.165, 1.54) is 0 Å². The lowest BCUT2D eigenvalue weighted by Crippen LogP contribution is -2.45. The topological polar surface area (TPSA) is 72.6 Å². The summed E-state index contributed by atoms with van der Waals surface area (Å²) in [7, 11) is 0. The lowest BCUT2D eigenvalue weighted by molar-refractivity contribution is -0.150. The van der Waals surface area contributed by atoms with Crippen LogP contribution in [0.25, 0.3) is 0 Å². The van der Waals surface area contributed by atoms with Gasteiger partial charge in [-0.05, 0) is 25.7 Å². The van der Waals surface area contributed by atoms with Crippen LogP contribution < -0.4 is 5.73 Å². The Morgan fingerprint density at radius 3 is 2.53 bits per heavy atom. The fraction of sp³-hybridized carbons (Fsp3) is 0.857. The molecule has 0 heterocycles. The second-order valence-corrected chi connectivity index (χ2v) is 5.62. The molecule has 1 amide bonds. The fourth-order valence-electron chi connectivity index (χ4n) is 2.57. The predicted octanol–water partition coefficient (Wildman–Crippen LogP) is 1.16. The number of nitrogens with zero attached hydrogens (tertiary/aromatic N) is 1. The average Bonchev–Trinajstić information content (AvgIpc) is 2.73. The third kappa shape index (κ3) is 4.82. The van der Waals surface area contributed by atoms with Crippen LogP contribution in [0.2, 0.25) is 0 Å². The first-order valence-corrected chi connectivity index (χ1v) is 7.15. The molecule has 0 bridgehead atoms. The van der Waals surface area contributed by atoms with Crippen molar-refractivity contribution in [2.45, 2.75) is 46.1 Å². The average molecular weight is 270 g/mol. The van der Waals surface area contributed by atoms with Gasteiger partial charge < -0.3 is 15.4 Å². The predicted molar refractivity (Wildman–Crippen MR) is 73.4 cm³/mol. The molecule has 110 valence electrons. The molecule has 1 rings (SSSR count). The quantitative estimate of drug-likeness (QED) is 0.735. The molecule has 0 spiro atoms. The molecule has 5 heteroatoms. The summed E-state index contributed by atoms with van der Waals surface area (Å²) >= 11 is 0. The zero-order chi connectivity index (χ0) is 14.4. The van der Waals surface area contributed by atoms with E-state index in [-0.39, 0.29) is 30.4 Å². The number of rotatable bonds is 6. The Bertz CT molecular complexity index is 318. The summed E-state index contributed by atoms with van der Waals surface area (Å²) in [5, 5.41) is 0. The smallest absolute Gasteiger partial charge is 0.325 e. The number of carbonyl (C=O) groups excluding carboxylic acids is 2. The van der Waals surface area contributed by atoms with Gasteiger partial charge in [0.2, 0.25) is 5.91 Å². The van der Waals surface area contributed by atoms with E-state index in [4.69, 9.17) is 10.5 Å². The third-order valence-corrected chi connectivity index (χ3v) is 3.41. The second kappa shape index (κ2) is 7.48. The molecule has 0 radical (unpaired) electrons. The Morgan fingerprint density at radius 2 is 2.05 bits per heavy atom. The lowest BCUT2D eigenvalue weighted by atomic mass is 10.0. The lowest BCUT2D eigenvalue weighted by Gasteiger charge is -2.27. The van der Waals surface area contributed by atoms with Crippen LogP contribution in [0.4, 0.5) is 0 Å². The van der Waals surface area contributed by atoms with Crippen molar-refractivity contribution in [2.24, 2.45) is 17.6 Å². The van der Waals surface area contributed by atoms with Crippen molar-refractivity contribution in [1.82, 2.24) is 4.90 Å². The molecule has 2 N–H and O–H groups in total. The van der Waals surface area contributed by atoms with Crippen LogP contribution in [0.1, 0.15) is 40.0 Å². The Morgan fingerprint density at radius 1 is 1.37 bits per heavy atom. The summed E-state index contributed by atoms with van der Waals surface area (Å²) < 4.78 is 4.93. The summed E-state index contributed by atoms with van der Waals surface area (Å²) in [5.41, 5.74) is 5.97. The van der Waals surface area contributed by atoms with Gasteiger partial charge in [0.25, 0.3) is 0 Å². The van der Waals surface area contributed by atoms with Crippen LogP contribution in [0.5, 0.6) is 0 Å². The minimum Gasteiger partial charge on any atom is -0.465 e. The number of carbonyl (C=O) groups is 2. The van der Waals surface area contributed by atoms with Gasteiger partial charge in [0, 0.05) is 12.6 Å². The van der Waals surface area contributed by atoms with Gasteiger partial charge in [-0.3, -0.25) is 9.59 Å². The third-order valence-electron chi connectivity index (χ3n) is 3.41. The van der Waals surface area contributed by atoms with E-state index in [0.717, 1.165) is 19.3 Å². The highest BCUT2D eigenvalue weighted by Crippen LogP contribution is 2.26. The fourth-order valence-corrected chi connectivity index (χ4v) is 2.57. The standard InChI is InChI=1S/C14H26N2O3/c1-4-19-13(17)9-16(8-10(2)3)14(18)11-6-5-7-12(11)15/h10-12H,4-9,15H2,1-3H3. The first-order valence-electron chi connectivity index (χ1n) is 7.15. The number of nitrogens with two attached hydrogens (primary N) is 1. The molecule has 1 aliphatic rings. The highest BCUT2D eigenvalue weighted by Gasteiger charge is 2.34. The van der Waals surface area contributed by atoms with Crippen LogP contribution >= 0.6 is 0 Å². The van der Waals surface area contributed by atoms with Gasteiger partial charge >= 0.3 is 5.97 Å². The Hall–Kier alpha value is -1.10. The van der Waals surface area contributed by atoms with Gasteiger partial charge in [-0.25, -0.2) is 0 Å². The van der Waals surface area contributed by atoms with Crippen molar-refractivity contribution in [2.75, 3.05) is 19.7 Å². The maximum atomic E-state index is 12.5. The normalized spacial score (nSPS) is 22.6. The zero-order valence-electron chi connectivity index (χ0n) is 12.2. The summed E-state index contributed by atoms with van der Waals surface area (Å²) in [6.07, 6.45) is 2.72. The molecule has 1 fully saturated rings. The van der Waals surface area contributed by atoms with Crippen LogP contribution in [0, 0.1) is 11.8 Å². The van der Waals surface area contributed by atoms with E-state index in [1.807, 2.05) is 13.8 Å². The second-order valence-electron chi connectivity index (χ2n) is 5.62. The summed E-state index contributed by atoms with van der Waals surface area (Å²) in [4.78, 5) is 25.7. The van der Waals surface area contributed by atoms with Gasteiger partial charge in [0.1, 0.15) is 6.54 Å². The van der Waals surface area contributed by atoms with Crippen molar-refractivity contribution in [1.29, 1.82) is 0 Å². The molecule has 2 atom stereocenters. The van der Waals surface area contributed by atoms with Crippen molar-refractivity contribution >= 4 is 11.9 Å². The molecule has 1 aliphatic carbocycles. The first-order chi connectivity index (χ1) is 8.95. The molecular formula is C14H26N2O3. The van der Waals surface area contributed by atoms with E-state index < -0.39 is 0 Å². The first kappa shape index (κ1) is 16.0. The Kier molecular flexibility index (Phi) is 6.28. The van der Waals surface area contributed by atoms with Crippen molar-refractivity contribution in [3.63, 3.8) is 0 Å². The number of hydrogen-bond acceptors (Lipinski definition) is 4. The highest BCUT2D eigenvalue weighted by molar-refractivity contribution is 5.84. The SMILES string of the molecule is CCOC(=O)CN(CC(C)C)C(=O)C1CCCC1N. The van der Waals surface area contributed by atoms with E-state index in [2.05, 4.69) is 0 Å². The van der Waals surface area contributed by atoms with E-state index in [9.17, 15) is 9.59 Å². The Labute approximate surface area is 115 Å². The van der Waals surface area contributed by atoms with Gasteiger partial charge in [-0.2, -0.15) is 0 Å². The van der Waals surface area contributed by atoms with Gasteiger partial charge in [-0.15, -0.1) is 0 Å². The maximum absolute atomic E-state index is 12.5. The molecule has 0 aliphatic heterocycles. The molecule has 0 saturated heterocycles. The van der Waals surface area contributed by atoms with Crippen LogP contribution in [-0.2, 0) is 14.3 Å². The molecule has 1 saturated carbocycles. The maximum Gasteiger partial charge on any atom is 0.325 e. The summed E-state index contributed by atoms with van der Waals surface area (Å²) in [6, 6.07) is -0.0654. The van der Waals surface area contributed by atoms with Crippen LogP contribution in [0.15, 0.2) is 0 Å². The largest absolute Gasteiger partial charge is 0.465 e. The number of amides is 1. The summed E-state index contributed by atoms with van der Waals surface area (Å²) in [5.74, 6) is -0.154. The van der Waals surface area contributed by atoms with E-state index in [1.54, 1.807) is 11.8 Å². The molecule has 2 unspecified atom stereocenters. The van der Waals surface area contributed by atoms with Gasteiger partial charge in [0.15, 0.2) is 0 Å².